The zero-order chi connectivity index (χ0) is 22.1. The minimum absolute atomic E-state index is 0.0299. The Labute approximate surface area is 172 Å². The van der Waals surface area contributed by atoms with Crippen LogP contribution >= 0.6 is 0 Å². The molecule has 0 aliphatic carbocycles. The second-order valence-corrected chi connectivity index (χ2v) is 6.69. The molecule has 1 amide bonds. The minimum Gasteiger partial charge on any atom is -0.459 e. The van der Waals surface area contributed by atoms with Crippen LogP contribution in [0.25, 0.3) is 0 Å². The molecule has 2 heterocycles. The SMILES string of the molecule is C=C(C)C(=O)OCCOC(=O)C1=C(C)OC(N)=C(C#N)C12C(=O)Nc1ccccc12. The smallest absolute Gasteiger partial charge is 0.339 e. The molecule has 0 aromatic heterocycles. The molecule has 154 valence electrons. The third-order valence-electron chi connectivity index (χ3n) is 4.75. The summed E-state index contributed by atoms with van der Waals surface area (Å²) in [7, 11) is 0. The van der Waals surface area contributed by atoms with Crippen molar-refractivity contribution in [1.29, 1.82) is 5.26 Å². The number of nitrogens with two attached hydrogens (primary N) is 1. The summed E-state index contributed by atoms with van der Waals surface area (Å²) in [6, 6.07) is 8.57. The van der Waals surface area contributed by atoms with E-state index < -0.39 is 23.3 Å². The summed E-state index contributed by atoms with van der Waals surface area (Å²) in [6.07, 6.45) is 0. The number of para-hydroxylation sites is 1. The molecule has 1 unspecified atom stereocenters. The van der Waals surface area contributed by atoms with E-state index in [0.29, 0.717) is 11.3 Å². The maximum atomic E-state index is 13.1. The van der Waals surface area contributed by atoms with Crippen LogP contribution in [-0.4, -0.2) is 31.1 Å². The van der Waals surface area contributed by atoms with Gasteiger partial charge in [-0.3, -0.25) is 4.79 Å². The van der Waals surface area contributed by atoms with E-state index in [9.17, 15) is 19.6 Å². The van der Waals surface area contributed by atoms with Gasteiger partial charge in [0.05, 0.1) is 0 Å². The molecule has 3 rings (SSSR count). The van der Waals surface area contributed by atoms with E-state index in [0.717, 1.165) is 0 Å². The van der Waals surface area contributed by atoms with Crippen molar-refractivity contribution in [1.82, 2.24) is 0 Å². The van der Waals surface area contributed by atoms with Crippen LogP contribution in [-0.2, 0) is 34.0 Å². The molecule has 1 aromatic rings. The molecule has 1 atom stereocenters. The maximum absolute atomic E-state index is 13.1. The number of hydrogen-bond acceptors (Lipinski definition) is 8. The van der Waals surface area contributed by atoms with E-state index >= 15 is 0 Å². The van der Waals surface area contributed by atoms with Crippen LogP contribution in [0.3, 0.4) is 0 Å². The number of nitrogens with one attached hydrogen (secondary N) is 1. The van der Waals surface area contributed by atoms with Crippen LogP contribution in [0, 0.1) is 11.3 Å². The number of nitrogens with zero attached hydrogens (tertiary/aromatic N) is 1. The number of esters is 2. The normalized spacial score (nSPS) is 19.6. The van der Waals surface area contributed by atoms with E-state index in [1.54, 1.807) is 24.3 Å². The number of amides is 1. The van der Waals surface area contributed by atoms with Crippen molar-refractivity contribution in [3.8, 4) is 6.07 Å². The number of allylic oxidation sites excluding steroid dienone is 1. The number of fused-ring (bicyclic) bond motifs is 2. The summed E-state index contributed by atoms with van der Waals surface area (Å²) in [5.41, 5.74) is 4.76. The highest BCUT2D eigenvalue weighted by Crippen LogP contribution is 2.51. The van der Waals surface area contributed by atoms with Crippen LogP contribution in [0.2, 0.25) is 0 Å². The predicted octanol–water partition coefficient (Wildman–Crippen LogP) is 1.54. The molecule has 2 aliphatic rings. The third-order valence-corrected chi connectivity index (χ3v) is 4.75. The van der Waals surface area contributed by atoms with Crippen LogP contribution in [0.4, 0.5) is 5.69 Å². The Morgan fingerprint density at radius 3 is 2.63 bits per heavy atom. The van der Waals surface area contributed by atoms with Crippen molar-refractivity contribution in [2.24, 2.45) is 5.73 Å². The fourth-order valence-corrected chi connectivity index (χ4v) is 3.49. The van der Waals surface area contributed by atoms with E-state index in [1.165, 1.54) is 13.8 Å². The van der Waals surface area contributed by atoms with E-state index in [2.05, 4.69) is 11.9 Å². The summed E-state index contributed by atoms with van der Waals surface area (Å²) in [5, 5.41) is 12.4. The van der Waals surface area contributed by atoms with Gasteiger partial charge in [0, 0.05) is 16.8 Å². The summed E-state index contributed by atoms with van der Waals surface area (Å²) >= 11 is 0. The van der Waals surface area contributed by atoms with Gasteiger partial charge in [-0.2, -0.15) is 5.26 Å². The lowest BCUT2D eigenvalue weighted by Crippen LogP contribution is -2.45. The summed E-state index contributed by atoms with van der Waals surface area (Å²) in [6.45, 7) is 5.92. The summed E-state index contributed by atoms with van der Waals surface area (Å²) in [5.74, 6) is -2.38. The average molecular weight is 409 g/mol. The van der Waals surface area contributed by atoms with E-state index in [4.69, 9.17) is 19.9 Å². The molecule has 30 heavy (non-hydrogen) atoms. The Hall–Kier alpha value is -4.06. The fourth-order valence-electron chi connectivity index (χ4n) is 3.49. The van der Waals surface area contributed by atoms with Gasteiger partial charge in [-0.25, -0.2) is 9.59 Å². The van der Waals surface area contributed by atoms with Gasteiger partial charge in [-0.15, -0.1) is 0 Å². The molecule has 2 aliphatic heterocycles. The Morgan fingerprint density at radius 1 is 1.30 bits per heavy atom. The highest BCUT2D eigenvalue weighted by molar-refractivity contribution is 6.17. The first-order chi connectivity index (χ1) is 14.2. The van der Waals surface area contributed by atoms with Gasteiger partial charge >= 0.3 is 11.9 Å². The van der Waals surface area contributed by atoms with Gasteiger partial charge in [0.2, 0.25) is 11.8 Å². The van der Waals surface area contributed by atoms with Crippen LogP contribution in [0.15, 0.2) is 59.2 Å². The number of rotatable bonds is 5. The number of hydrogen-bond donors (Lipinski definition) is 2. The molecule has 1 spiro atoms. The number of carbonyl (C=O) groups is 3. The monoisotopic (exact) mass is 409 g/mol. The Bertz CT molecular complexity index is 1080. The molecule has 3 N–H and O–H groups in total. The number of benzene rings is 1. The zero-order valence-corrected chi connectivity index (χ0v) is 16.4. The molecule has 0 saturated carbocycles. The molecule has 9 heteroatoms. The predicted molar refractivity (Wildman–Crippen MR) is 104 cm³/mol. The molecule has 9 nitrogen and oxygen atoms in total. The van der Waals surface area contributed by atoms with Gasteiger partial charge in [-0.05, 0) is 19.9 Å². The summed E-state index contributed by atoms with van der Waals surface area (Å²) in [4.78, 5) is 37.6. The summed E-state index contributed by atoms with van der Waals surface area (Å²) < 4.78 is 15.5. The molecule has 0 saturated heterocycles. The van der Waals surface area contributed by atoms with E-state index in [1.807, 2.05) is 6.07 Å². The van der Waals surface area contributed by atoms with Gasteiger partial charge in [0.15, 0.2) is 5.41 Å². The van der Waals surface area contributed by atoms with Crippen molar-refractivity contribution in [3.63, 3.8) is 0 Å². The first-order valence-electron chi connectivity index (χ1n) is 8.95. The Kier molecular flexibility index (Phi) is 5.34. The second-order valence-electron chi connectivity index (χ2n) is 6.69. The number of anilines is 1. The van der Waals surface area contributed by atoms with Crippen LogP contribution in [0.1, 0.15) is 19.4 Å². The van der Waals surface area contributed by atoms with Gasteiger partial charge in [-0.1, -0.05) is 24.8 Å². The lowest BCUT2D eigenvalue weighted by molar-refractivity contribution is -0.148. The quantitative estimate of drug-likeness (QED) is 0.424. The highest BCUT2D eigenvalue weighted by Gasteiger charge is 2.59. The third kappa shape index (κ3) is 3.08. The number of carbonyl (C=O) groups excluding carboxylic acids is 3. The van der Waals surface area contributed by atoms with Crippen molar-refractivity contribution in [2.45, 2.75) is 19.3 Å². The lowest BCUT2D eigenvalue weighted by atomic mass is 9.68. The highest BCUT2D eigenvalue weighted by atomic mass is 16.6. The average Bonchev–Trinajstić information content (AvgIpc) is 2.97. The molecule has 0 bridgehead atoms. The van der Waals surface area contributed by atoms with E-state index in [-0.39, 0.29) is 41.6 Å². The van der Waals surface area contributed by atoms with Crippen molar-refractivity contribution < 1.29 is 28.6 Å². The Morgan fingerprint density at radius 2 is 1.97 bits per heavy atom. The zero-order valence-electron chi connectivity index (χ0n) is 16.4. The standard InChI is InChI=1S/C21H19N3O6/c1-11(2)18(25)28-8-9-29-19(26)16-12(3)30-17(23)14(10-22)21(16)13-6-4-5-7-15(13)24-20(21)27/h4-7H,1,8-9,23H2,2-3H3,(H,24,27). The second kappa shape index (κ2) is 7.75. The van der Waals surface area contributed by atoms with Crippen molar-refractivity contribution in [3.05, 3.63) is 64.8 Å². The van der Waals surface area contributed by atoms with Gasteiger partial charge < -0.3 is 25.3 Å². The number of nitriles is 1. The molecule has 0 radical (unpaired) electrons. The molecular formula is C21H19N3O6. The molecular weight excluding hydrogens is 390 g/mol. The molecule has 0 fully saturated rings. The van der Waals surface area contributed by atoms with Crippen molar-refractivity contribution in [2.75, 3.05) is 18.5 Å². The first kappa shape index (κ1) is 20.7. The fraction of sp³-hybridized carbons (Fsp3) is 0.238. The van der Waals surface area contributed by atoms with Gasteiger partial charge in [0.1, 0.15) is 36.2 Å². The minimum atomic E-state index is -1.80. The van der Waals surface area contributed by atoms with Crippen molar-refractivity contribution >= 4 is 23.5 Å². The largest absolute Gasteiger partial charge is 0.459 e. The topological polar surface area (TPSA) is 141 Å². The Balaban J connectivity index is 1.99. The first-order valence-corrected chi connectivity index (χ1v) is 8.95. The van der Waals surface area contributed by atoms with Crippen LogP contribution < -0.4 is 11.1 Å². The lowest BCUT2D eigenvalue weighted by Gasteiger charge is -2.33. The number of ether oxygens (including phenoxy) is 3. The molecule has 1 aromatic carbocycles. The maximum Gasteiger partial charge on any atom is 0.339 e. The van der Waals surface area contributed by atoms with Gasteiger partial charge in [0.25, 0.3) is 0 Å². The van der Waals surface area contributed by atoms with Crippen LogP contribution in [0.5, 0.6) is 0 Å².